The van der Waals surface area contributed by atoms with Gasteiger partial charge in [0.15, 0.2) is 0 Å². The van der Waals surface area contributed by atoms with E-state index in [0.29, 0.717) is 26.1 Å². The standard InChI is InChI=1S/C18H23N3O4/c1-12-4-5-14(25-12)11-20-9-13(8-15(20)22)10-21-16(23)18(19-17(21)24)6-2-3-7-18/h4-5,13H,2-3,6-11H2,1H3,(H,19,24). The predicted octanol–water partition coefficient (Wildman–Crippen LogP) is 1.80. The Morgan fingerprint density at radius 2 is 2.00 bits per heavy atom. The summed E-state index contributed by atoms with van der Waals surface area (Å²) in [6.45, 7) is 3.16. The minimum Gasteiger partial charge on any atom is -0.464 e. The number of carbonyl (C=O) groups excluding carboxylic acids is 3. The van der Waals surface area contributed by atoms with Crippen LogP contribution in [0.3, 0.4) is 0 Å². The van der Waals surface area contributed by atoms with Gasteiger partial charge in [-0.2, -0.15) is 0 Å². The first-order valence-electron chi connectivity index (χ1n) is 8.94. The first-order chi connectivity index (χ1) is 12.0. The third-order valence-electron chi connectivity index (χ3n) is 5.58. The zero-order chi connectivity index (χ0) is 17.6. The maximum Gasteiger partial charge on any atom is 0.325 e. The molecular formula is C18H23N3O4. The van der Waals surface area contributed by atoms with E-state index in [1.807, 2.05) is 19.1 Å². The lowest BCUT2D eigenvalue weighted by Gasteiger charge is -2.21. The van der Waals surface area contributed by atoms with Crippen LogP contribution in [0, 0.1) is 12.8 Å². The Bertz CT molecular complexity index is 720. The highest BCUT2D eigenvalue weighted by Gasteiger charge is 2.53. The number of aryl methyl sites for hydroxylation is 1. The largest absolute Gasteiger partial charge is 0.464 e. The molecule has 2 aliphatic heterocycles. The third-order valence-corrected chi connectivity index (χ3v) is 5.58. The molecule has 7 heteroatoms. The van der Waals surface area contributed by atoms with E-state index in [2.05, 4.69) is 5.32 Å². The molecular weight excluding hydrogens is 322 g/mol. The van der Waals surface area contributed by atoms with Crippen molar-refractivity contribution in [2.24, 2.45) is 5.92 Å². The van der Waals surface area contributed by atoms with E-state index in [1.54, 1.807) is 4.90 Å². The van der Waals surface area contributed by atoms with Crippen LogP contribution in [0.1, 0.15) is 43.6 Å². The van der Waals surface area contributed by atoms with Crippen molar-refractivity contribution in [2.75, 3.05) is 13.1 Å². The fourth-order valence-electron chi connectivity index (χ4n) is 4.30. The topological polar surface area (TPSA) is 82.9 Å². The quantitative estimate of drug-likeness (QED) is 0.844. The number of nitrogens with one attached hydrogen (secondary N) is 1. The van der Waals surface area contributed by atoms with Crippen LogP contribution in [-0.2, 0) is 16.1 Å². The molecule has 1 spiro atoms. The Balaban J connectivity index is 1.39. The van der Waals surface area contributed by atoms with Gasteiger partial charge in [-0.25, -0.2) is 4.79 Å². The minimum absolute atomic E-state index is 0.0187. The van der Waals surface area contributed by atoms with E-state index in [-0.39, 0.29) is 23.8 Å². The second kappa shape index (κ2) is 5.89. The second-order valence-electron chi connectivity index (χ2n) is 7.49. The third kappa shape index (κ3) is 2.81. The van der Waals surface area contributed by atoms with Crippen LogP contribution < -0.4 is 5.32 Å². The van der Waals surface area contributed by atoms with Crippen molar-refractivity contribution in [1.82, 2.24) is 15.1 Å². The van der Waals surface area contributed by atoms with Crippen LogP contribution >= 0.6 is 0 Å². The van der Waals surface area contributed by atoms with Gasteiger partial charge in [-0.3, -0.25) is 14.5 Å². The molecule has 0 aromatic carbocycles. The Kier molecular flexibility index (Phi) is 3.81. The highest BCUT2D eigenvalue weighted by molar-refractivity contribution is 6.07. The van der Waals surface area contributed by atoms with Crippen LogP contribution in [0.15, 0.2) is 16.5 Å². The van der Waals surface area contributed by atoms with Gasteiger partial charge < -0.3 is 14.6 Å². The molecule has 7 nitrogen and oxygen atoms in total. The lowest BCUT2D eigenvalue weighted by atomic mass is 9.97. The normalized spacial score (nSPS) is 25.5. The second-order valence-corrected chi connectivity index (χ2v) is 7.49. The predicted molar refractivity (Wildman–Crippen MR) is 88.4 cm³/mol. The van der Waals surface area contributed by atoms with E-state index >= 15 is 0 Å². The summed E-state index contributed by atoms with van der Waals surface area (Å²) in [5.74, 6) is 1.49. The first-order valence-corrected chi connectivity index (χ1v) is 8.94. The van der Waals surface area contributed by atoms with E-state index in [0.717, 1.165) is 37.2 Å². The van der Waals surface area contributed by atoms with Gasteiger partial charge in [0.2, 0.25) is 5.91 Å². The number of likely N-dealkylation sites (tertiary alicyclic amines) is 1. The Hall–Kier alpha value is -2.31. The highest BCUT2D eigenvalue weighted by atomic mass is 16.3. The van der Waals surface area contributed by atoms with Crippen molar-refractivity contribution in [1.29, 1.82) is 0 Å². The molecule has 2 saturated heterocycles. The number of carbonyl (C=O) groups is 3. The maximum atomic E-state index is 12.7. The summed E-state index contributed by atoms with van der Waals surface area (Å²) in [6.07, 6.45) is 3.75. The molecule has 1 saturated carbocycles. The molecule has 0 bridgehead atoms. The van der Waals surface area contributed by atoms with Crippen molar-refractivity contribution in [3.05, 3.63) is 23.7 Å². The Morgan fingerprint density at radius 1 is 1.24 bits per heavy atom. The molecule has 1 N–H and O–H groups in total. The van der Waals surface area contributed by atoms with Gasteiger partial charge in [-0.15, -0.1) is 0 Å². The number of rotatable bonds is 4. The molecule has 1 aromatic rings. The molecule has 4 amide bonds. The van der Waals surface area contributed by atoms with E-state index in [9.17, 15) is 14.4 Å². The van der Waals surface area contributed by atoms with E-state index in [4.69, 9.17) is 4.42 Å². The SMILES string of the molecule is Cc1ccc(CN2CC(CN3C(=O)NC4(CCCC4)C3=O)CC2=O)o1. The Morgan fingerprint density at radius 3 is 2.68 bits per heavy atom. The molecule has 1 atom stereocenters. The summed E-state index contributed by atoms with van der Waals surface area (Å²) in [7, 11) is 0. The number of nitrogens with zero attached hydrogens (tertiary/aromatic N) is 2. The number of amides is 4. The van der Waals surface area contributed by atoms with Crippen molar-refractivity contribution >= 4 is 17.8 Å². The van der Waals surface area contributed by atoms with Gasteiger partial charge in [0.05, 0.1) is 6.54 Å². The number of hydrogen-bond donors (Lipinski definition) is 1. The maximum absolute atomic E-state index is 12.7. The van der Waals surface area contributed by atoms with Gasteiger partial charge in [0, 0.05) is 25.4 Å². The van der Waals surface area contributed by atoms with Crippen LogP contribution in [0.5, 0.6) is 0 Å². The average molecular weight is 345 g/mol. The number of imide groups is 1. The van der Waals surface area contributed by atoms with E-state index in [1.165, 1.54) is 4.90 Å². The molecule has 3 heterocycles. The van der Waals surface area contributed by atoms with Crippen molar-refractivity contribution < 1.29 is 18.8 Å². The van der Waals surface area contributed by atoms with Gasteiger partial charge in [-0.1, -0.05) is 12.8 Å². The zero-order valence-corrected chi connectivity index (χ0v) is 14.4. The van der Waals surface area contributed by atoms with Crippen molar-refractivity contribution in [3.63, 3.8) is 0 Å². The lowest BCUT2D eigenvalue weighted by molar-refractivity contribution is -0.132. The molecule has 0 radical (unpaired) electrons. The lowest BCUT2D eigenvalue weighted by Crippen LogP contribution is -2.44. The van der Waals surface area contributed by atoms with Gasteiger partial charge >= 0.3 is 6.03 Å². The molecule has 134 valence electrons. The summed E-state index contributed by atoms with van der Waals surface area (Å²) in [4.78, 5) is 40.3. The van der Waals surface area contributed by atoms with Crippen molar-refractivity contribution in [2.45, 2.75) is 51.1 Å². The van der Waals surface area contributed by atoms with Crippen molar-refractivity contribution in [3.8, 4) is 0 Å². The summed E-state index contributed by atoms with van der Waals surface area (Å²) in [5.41, 5.74) is -0.676. The van der Waals surface area contributed by atoms with Gasteiger partial charge in [0.1, 0.15) is 17.1 Å². The zero-order valence-electron chi connectivity index (χ0n) is 14.4. The highest BCUT2D eigenvalue weighted by Crippen LogP contribution is 2.35. The van der Waals surface area contributed by atoms with Gasteiger partial charge in [-0.05, 0) is 31.9 Å². The fraction of sp³-hybridized carbons (Fsp3) is 0.611. The summed E-state index contributed by atoms with van der Waals surface area (Å²) >= 11 is 0. The fourth-order valence-corrected chi connectivity index (χ4v) is 4.30. The van der Waals surface area contributed by atoms with E-state index < -0.39 is 5.54 Å². The summed E-state index contributed by atoms with van der Waals surface area (Å²) in [5, 5.41) is 2.89. The smallest absolute Gasteiger partial charge is 0.325 e. The monoisotopic (exact) mass is 345 g/mol. The number of hydrogen-bond acceptors (Lipinski definition) is 4. The van der Waals surface area contributed by atoms with Crippen LogP contribution in [-0.4, -0.2) is 46.3 Å². The molecule has 1 unspecified atom stereocenters. The number of furan rings is 1. The molecule has 1 aliphatic carbocycles. The molecule has 4 rings (SSSR count). The Labute approximate surface area is 146 Å². The molecule has 1 aromatic heterocycles. The minimum atomic E-state index is -0.676. The summed E-state index contributed by atoms with van der Waals surface area (Å²) < 4.78 is 5.54. The molecule has 25 heavy (non-hydrogen) atoms. The van der Waals surface area contributed by atoms with Crippen LogP contribution in [0.4, 0.5) is 4.79 Å². The van der Waals surface area contributed by atoms with Crippen LogP contribution in [0.2, 0.25) is 0 Å². The van der Waals surface area contributed by atoms with Gasteiger partial charge in [0.25, 0.3) is 5.91 Å². The van der Waals surface area contributed by atoms with Crippen LogP contribution in [0.25, 0.3) is 0 Å². The number of urea groups is 1. The molecule has 3 fully saturated rings. The molecule has 3 aliphatic rings. The average Bonchev–Trinajstić information content (AvgIpc) is 3.30. The first kappa shape index (κ1) is 16.2. The summed E-state index contributed by atoms with van der Waals surface area (Å²) in [6, 6.07) is 3.44.